The summed E-state index contributed by atoms with van der Waals surface area (Å²) < 4.78 is 6.10. The Bertz CT molecular complexity index is 1140. The Balaban J connectivity index is 1.35. The molecule has 0 aliphatic carbocycles. The van der Waals surface area contributed by atoms with Crippen LogP contribution in [0.25, 0.3) is 33.4 Å². The van der Waals surface area contributed by atoms with E-state index in [1.807, 2.05) is 30.5 Å². The monoisotopic (exact) mass is 416 g/mol. The first-order valence-electron chi connectivity index (χ1n) is 10.6. The fourth-order valence-electron chi connectivity index (χ4n) is 4.15. The third-order valence-corrected chi connectivity index (χ3v) is 6.31. The summed E-state index contributed by atoms with van der Waals surface area (Å²) in [5.41, 5.74) is 5.20. The van der Waals surface area contributed by atoms with Gasteiger partial charge in [0.25, 0.3) is 0 Å². The molecule has 0 amide bonds. The number of benzene rings is 2. The Morgan fingerprint density at radius 3 is 2.40 bits per heavy atom. The highest BCUT2D eigenvalue weighted by molar-refractivity contribution is 6.30. The van der Waals surface area contributed by atoms with Crippen molar-refractivity contribution in [3.8, 4) is 22.4 Å². The minimum Gasteiger partial charge on any atom is -0.460 e. The average Bonchev–Trinajstić information content (AvgIpc) is 3.17. The topological polar surface area (TPSA) is 29.3 Å². The van der Waals surface area contributed by atoms with Crippen LogP contribution in [0.5, 0.6) is 0 Å². The summed E-state index contributed by atoms with van der Waals surface area (Å²) in [5, 5.41) is 1.88. The predicted octanol–water partition coefficient (Wildman–Crippen LogP) is 7.05. The van der Waals surface area contributed by atoms with Crippen LogP contribution in [0.3, 0.4) is 0 Å². The van der Waals surface area contributed by atoms with Gasteiger partial charge in [-0.05, 0) is 79.9 Å². The molecule has 1 fully saturated rings. The minimum atomic E-state index is 0.742. The van der Waals surface area contributed by atoms with Crippen LogP contribution in [-0.2, 0) is 6.54 Å². The van der Waals surface area contributed by atoms with Crippen LogP contribution in [0.1, 0.15) is 25.5 Å². The molecule has 4 aromatic rings. The van der Waals surface area contributed by atoms with Gasteiger partial charge >= 0.3 is 0 Å². The van der Waals surface area contributed by atoms with Gasteiger partial charge in [-0.2, -0.15) is 0 Å². The van der Waals surface area contributed by atoms with Crippen molar-refractivity contribution >= 4 is 22.6 Å². The van der Waals surface area contributed by atoms with Crippen molar-refractivity contribution < 1.29 is 4.42 Å². The largest absolute Gasteiger partial charge is 0.460 e. The Hall–Kier alpha value is -2.62. The number of hydrogen-bond donors (Lipinski definition) is 0. The van der Waals surface area contributed by atoms with Gasteiger partial charge in [0.15, 0.2) is 0 Å². The average molecular weight is 417 g/mol. The van der Waals surface area contributed by atoms with Crippen LogP contribution in [0, 0.1) is 5.92 Å². The fourth-order valence-corrected chi connectivity index (χ4v) is 4.28. The zero-order valence-electron chi connectivity index (χ0n) is 17.1. The molecule has 1 aliphatic rings. The van der Waals surface area contributed by atoms with Gasteiger partial charge in [-0.15, -0.1) is 0 Å². The maximum Gasteiger partial charge on any atom is 0.134 e. The Kier molecular flexibility index (Phi) is 5.32. The Morgan fingerprint density at radius 1 is 0.933 bits per heavy atom. The second kappa shape index (κ2) is 8.25. The lowest BCUT2D eigenvalue weighted by Gasteiger charge is -2.29. The first kappa shape index (κ1) is 19.3. The second-order valence-electron chi connectivity index (χ2n) is 8.36. The van der Waals surface area contributed by atoms with Gasteiger partial charge in [0.05, 0.1) is 12.2 Å². The van der Waals surface area contributed by atoms with Gasteiger partial charge < -0.3 is 4.42 Å². The summed E-state index contributed by atoms with van der Waals surface area (Å²) >= 11 is 5.99. The maximum atomic E-state index is 6.10. The van der Waals surface area contributed by atoms with E-state index in [0.29, 0.717) is 0 Å². The van der Waals surface area contributed by atoms with E-state index in [4.69, 9.17) is 21.0 Å². The number of nitrogens with zero attached hydrogens (tertiary/aromatic N) is 2. The lowest BCUT2D eigenvalue weighted by Crippen LogP contribution is -2.32. The highest BCUT2D eigenvalue weighted by atomic mass is 35.5. The summed E-state index contributed by atoms with van der Waals surface area (Å²) in [6, 6.07) is 20.5. The van der Waals surface area contributed by atoms with Gasteiger partial charge in [0, 0.05) is 27.7 Å². The van der Waals surface area contributed by atoms with E-state index in [1.165, 1.54) is 12.8 Å². The molecule has 3 heterocycles. The van der Waals surface area contributed by atoms with Crippen LogP contribution in [0.15, 0.2) is 71.3 Å². The van der Waals surface area contributed by atoms with Crippen molar-refractivity contribution in [2.24, 2.45) is 5.92 Å². The van der Waals surface area contributed by atoms with Crippen LogP contribution >= 0.6 is 11.6 Å². The van der Waals surface area contributed by atoms with Crippen molar-refractivity contribution in [3.63, 3.8) is 0 Å². The maximum absolute atomic E-state index is 6.10. The third-order valence-electron chi connectivity index (χ3n) is 6.06. The zero-order chi connectivity index (χ0) is 20.5. The number of aromatic nitrogens is 1. The molecule has 5 rings (SSSR count). The van der Waals surface area contributed by atoms with Crippen molar-refractivity contribution in [2.75, 3.05) is 13.1 Å². The highest BCUT2D eigenvalue weighted by Gasteiger charge is 2.17. The van der Waals surface area contributed by atoms with Crippen molar-refractivity contribution in [1.82, 2.24) is 9.88 Å². The number of halogens is 1. The molecule has 0 saturated carbocycles. The Labute approximate surface area is 182 Å². The molecule has 3 nitrogen and oxygen atoms in total. The summed E-state index contributed by atoms with van der Waals surface area (Å²) in [6.45, 7) is 5.56. The van der Waals surface area contributed by atoms with Crippen molar-refractivity contribution in [1.29, 1.82) is 0 Å². The van der Waals surface area contributed by atoms with Crippen LogP contribution in [-0.4, -0.2) is 23.0 Å². The minimum absolute atomic E-state index is 0.742. The molecular weight excluding hydrogens is 392 g/mol. The molecule has 0 unspecified atom stereocenters. The molecule has 0 N–H and O–H groups in total. The number of pyridine rings is 1. The summed E-state index contributed by atoms with van der Waals surface area (Å²) in [4.78, 5) is 7.19. The molecule has 2 aromatic heterocycles. The lowest BCUT2D eigenvalue weighted by molar-refractivity contribution is 0.175. The number of hydrogen-bond acceptors (Lipinski definition) is 3. The number of furan rings is 1. The third kappa shape index (κ3) is 4.14. The van der Waals surface area contributed by atoms with Crippen molar-refractivity contribution in [2.45, 2.75) is 26.3 Å². The normalized spacial score (nSPS) is 15.7. The van der Waals surface area contributed by atoms with Crippen LogP contribution < -0.4 is 0 Å². The quantitative estimate of drug-likeness (QED) is 0.357. The van der Waals surface area contributed by atoms with Gasteiger partial charge in [0.2, 0.25) is 0 Å². The van der Waals surface area contributed by atoms with E-state index in [9.17, 15) is 0 Å². The highest BCUT2D eigenvalue weighted by Crippen LogP contribution is 2.29. The molecule has 0 atom stereocenters. The van der Waals surface area contributed by atoms with E-state index in [2.05, 4.69) is 48.2 Å². The predicted molar refractivity (Wildman–Crippen MR) is 124 cm³/mol. The molecule has 1 saturated heterocycles. The summed E-state index contributed by atoms with van der Waals surface area (Å²) in [6.07, 6.45) is 4.48. The summed E-state index contributed by atoms with van der Waals surface area (Å²) in [5.74, 6) is 1.89. The van der Waals surface area contributed by atoms with E-state index in [0.717, 1.165) is 69.7 Å². The number of rotatable bonds is 4. The second-order valence-corrected chi connectivity index (χ2v) is 8.80. The molecule has 0 bridgehead atoms. The number of likely N-dealkylation sites (tertiary alicyclic amines) is 1. The van der Waals surface area contributed by atoms with E-state index in [-0.39, 0.29) is 0 Å². The fraction of sp³-hybridized carbons (Fsp3) is 0.269. The lowest BCUT2D eigenvalue weighted by atomic mass is 9.99. The van der Waals surface area contributed by atoms with Crippen LogP contribution in [0.2, 0.25) is 5.02 Å². The molecule has 30 heavy (non-hydrogen) atoms. The standard InChI is InChI=1S/C26H25ClN2O/c1-18-10-12-29(13-11-18)17-24-15-22-14-20(5-9-26(22)30-24)25-8-4-21(16-28-25)19-2-6-23(27)7-3-19/h2-9,14-16,18H,10-13,17H2,1H3. The molecule has 2 aromatic carbocycles. The molecule has 152 valence electrons. The molecule has 0 radical (unpaired) electrons. The van der Waals surface area contributed by atoms with Crippen molar-refractivity contribution in [3.05, 3.63) is 77.6 Å². The van der Waals surface area contributed by atoms with Gasteiger partial charge in [-0.3, -0.25) is 9.88 Å². The van der Waals surface area contributed by atoms with Gasteiger partial charge in [0.1, 0.15) is 11.3 Å². The number of fused-ring (bicyclic) bond motifs is 1. The SMILES string of the molecule is CC1CCN(Cc2cc3cc(-c4ccc(-c5ccc(Cl)cc5)cn4)ccc3o2)CC1. The Morgan fingerprint density at radius 2 is 1.67 bits per heavy atom. The van der Waals surface area contributed by atoms with E-state index < -0.39 is 0 Å². The van der Waals surface area contributed by atoms with Gasteiger partial charge in [-0.25, -0.2) is 0 Å². The zero-order valence-corrected chi connectivity index (χ0v) is 17.9. The first-order chi connectivity index (χ1) is 14.6. The van der Waals surface area contributed by atoms with Gasteiger partial charge in [-0.1, -0.05) is 36.7 Å². The van der Waals surface area contributed by atoms with E-state index in [1.54, 1.807) is 0 Å². The molecule has 1 aliphatic heterocycles. The first-order valence-corrected chi connectivity index (χ1v) is 11.0. The summed E-state index contributed by atoms with van der Waals surface area (Å²) in [7, 11) is 0. The molecular formula is C26H25ClN2O. The number of piperidine rings is 1. The molecule has 4 heteroatoms. The smallest absolute Gasteiger partial charge is 0.134 e. The molecule has 0 spiro atoms. The van der Waals surface area contributed by atoms with Crippen LogP contribution in [0.4, 0.5) is 0 Å². The van der Waals surface area contributed by atoms with E-state index >= 15 is 0 Å².